The molecule has 0 aromatic rings. The summed E-state index contributed by atoms with van der Waals surface area (Å²) < 4.78 is 0. The van der Waals surface area contributed by atoms with E-state index in [9.17, 15) is 38.7 Å². The first-order valence-corrected chi connectivity index (χ1v) is 9.07. The number of carbonyl (C=O) groups is 7. The molecule has 0 aromatic heterocycles. The molecule has 31 heavy (non-hydrogen) atoms. The van der Waals surface area contributed by atoms with Crippen LogP contribution in [0.15, 0.2) is 0 Å². The third-order valence-corrected chi connectivity index (χ3v) is 4.24. The Kier molecular flexibility index (Phi) is 10.6. The number of nitrogens with two attached hydrogens (primary N) is 2. The molecule has 0 saturated heterocycles. The Hall–Kier alpha value is -3.71. The van der Waals surface area contributed by atoms with Crippen LogP contribution in [0.25, 0.3) is 0 Å². The molecular formula is C17H27N5O9. The van der Waals surface area contributed by atoms with Gasteiger partial charge >= 0.3 is 11.9 Å². The topological polar surface area (TPSA) is 239 Å². The summed E-state index contributed by atoms with van der Waals surface area (Å²) >= 11 is 0. The minimum Gasteiger partial charge on any atom is -0.481 e. The van der Waals surface area contributed by atoms with Crippen LogP contribution in [0, 0.1) is 0 Å². The average Bonchev–Trinajstić information content (AvgIpc) is 2.60. The predicted octanol–water partition coefficient (Wildman–Crippen LogP) is -3.11. The van der Waals surface area contributed by atoms with Gasteiger partial charge in [0.15, 0.2) is 0 Å². The van der Waals surface area contributed by atoms with Gasteiger partial charge < -0.3 is 37.2 Å². The molecule has 0 aromatic carbocycles. The van der Waals surface area contributed by atoms with Crippen molar-refractivity contribution in [3.05, 3.63) is 0 Å². The molecule has 174 valence electrons. The highest BCUT2D eigenvalue weighted by atomic mass is 16.4. The Morgan fingerprint density at radius 3 is 1.87 bits per heavy atom. The molecule has 14 heteroatoms. The molecule has 0 saturated carbocycles. The van der Waals surface area contributed by atoms with Crippen LogP contribution in [0.2, 0.25) is 0 Å². The van der Waals surface area contributed by atoms with Crippen molar-refractivity contribution < 1.29 is 43.8 Å². The summed E-state index contributed by atoms with van der Waals surface area (Å²) in [4.78, 5) is 82.5. The van der Waals surface area contributed by atoms with Gasteiger partial charge in [-0.2, -0.15) is 0 Å². The fraction of sp³-hybridized carbons (Fsp3) is 0.588. The van der Waals surface area contributed by atoms with E-state index in [1.807, 2.05) is 0 Å². The van der Waals surface area contributed by atoms with Crippen molar-refractivity contribution in [1.82, 2.24) is 15.5 Å². The number of carboxylic acids is 2. The zero-order valence-corrected chi connectivity index (χ0v) is 17.3. The lowest BCUT2D eigenvalue weighted by Crippen LogP contribution is -2.62. The summed E-state index contributed by atoms with van der Waals surface area (Å²) in [6, 6.07) is -6.13. The van der Waals surface area contributed by atoms with E-state index in [0.717, 1.165) is 18.7 Å². The van der Waals surface area contributed by atoms with E-state index in [4.69, 9.17) is 16.6 Å². The number of aliphatic carboxylic acids is 2. The summed E-state index contributed by atoms with van der Waals surface area (Å²) in [6.07, 6.45) is -1.50. The van der Waals surface area contributed by atoms with Crippen molar-refractivity contribution in [3.63, 3.8) is 0 Å². The van der Waals surface area contributed by atoms with Crippen molar-refractivity contribution >= 4 is 41.5 Å². The second-order valence-corrected chi connectivity index (χ2v) is 6.75. The van der Waals surface area contributed by atoms with Crippen LogP contribution in [0.4, 0.5) is 0 Å². The minimum absolute atomic E-state index is 0.322. The quantitative estimate of drug-likeness (QED) is 0.168. The fourth-order valence-corrected chi connectivity index (χ4v) is 2.89. The molecule has 0 bridgehead atoms. The molecule has 4 unspecified atom stereocenters. The van der Waals surface area contributed by atoms with E-state index in [0.29, 0.717) is 0 Å². The molecule has 8 N–H and O–H groups in total. The third kappa shape index (κ3) is 9.10. The van der Waals surface area contributed by atoms with E-state index >= 15 is 0 Å². The molecule has 0 rings (SSSR count). The second kappa shape index (κ2) is 12.1. The van der Waals surface area contributed by atoms with Crippen LogP contribution in [0.1, 0.15) is 40.0 Å². The number of amides is 5. The Bertz CT molecular complexity index is 754. The first-order valence-electron chi connectivity index (χ1n) is 9.07. The minimum atomic E-state index is -1.77. The normalized spacial score (nSPS) is 14.3. The fourth-order valence-electron chi connectivity index (χ4n) is 2.89. The molecule has 4 atom stereocenters. The van der Waals surface area contributed by atoms with Gasteiger partial charge in [0.25, 0.3) is 0 Å². The highest BCUT2D eigenvalue weighted by Crippen LogP contribution is 2.16. The summed E-state index contributed by atoms with van der Waals surface area (Å²) in [7, 11) is 0. The maximum Gasteiger partial charge on any atom is 0.328 e. The van der Waals surface area contributed by atoms with Gasteiger partial charge in [-0.25, -0.2) is 4.79 Å². The number of hydrogen-bond acceptors (Lipinski definition) is 7. The van der Waals surface area contributed by atoms with Crippen molar-refractivity contribution in [2.45, 2.75) is 64.2 Å². The monoisotopic (exact) mass is 445 g/mol. The van der Waals surface area contributed by atoms with Gasteiger partial charge in [0, 0.05) is 26.7 Å². The first-order chi connectivity index (χ1) is 14.2. The largest absolute Gasteiger partial charge is 0.481 e. The molecule has 0 aliphatic heterocycles. The number of carboxylic acid groups (broad SMARTS) is 2. The molecular weight excluding hydrogens is 418 g/mol. The lowest BCUT2D eigenvalue weighted by Gasteiger charge is -2.38. The van der Waals surface area contributed by atoms with Crippen LogP contribution in [-0.2, 0) is 33.6 Å². The van der Waals surface area contributed by atoms with Gasteiger partial charge in [-0.15, -0.1) is 0 Å². The standard InChI is InChI=1S/C17H27N5O9/c1-7(16(29)21-10(15(19)28)4-5-13(26)27)22(9(3)24)11(6-12(18)25)14(17(30)31)20-8(2)23/h7,10-11,14H,4-6H2,1-3H3,(H2,18,25)(H2,19,28)(H,20,23)(H,21,29)(H,26,27)(H,30,31). The van der Waals surface area contributed by atoms with Gasteiger partial charge in [0.2, 0.25) is 29.5 Å². The Labute approximate surface area is 177 Å². The van der Waals surface area contributed by atoms with Crippen LogP contribution in [-0.4, -0.2) is 80.8 Å². The SMILES string of the molecule is CC(=O)NC(C(=O)O)C(CC(N)=O)N(C(C)=O)C(C)C(=O)NC(CCC(=O)O)C(N)=O. The zero-order valence-electron chi connectivity index (χ0n) is 17.3. The number of hydrogen-bond donors (Lipinski definition) is 6. The van der Waals surface area contributed by atoms with E-state index in [-0.39, 0.29) is 6.42 Å². The maximum absolute atomic E-state index is 12.6. The van der Waals surface area contributed by atoms with Gasteiger partial charge in [0.1, 0.15) is 18.1 Å². The summed E-state index contributed by atoms with van der Waals surface area (Å²) in [5.41, 5.74) is 10.3. The predicted molar refractivity (Wildman–Crippen MR) is 103 cm³/mol. The molecule has 0 spiro atoms. The third-order valence-electron chi connectivity index (χ3n) is 4.24. The van der Waals surface area contributed by atoms with Gasteiger partial charge in [-0.1, -0.05) is 0 Å². The molecule has 0 fully saturated rings. The van der Waals surface area contributed by atoms with E-state index < -0.39 is 78.5 Å². The summed E-state index contributed by atoms with van der Waals surface area (Å²) in [5, 5.41) is 22.5. The number of rotatable bonds is 13. The van der Waals surface area contributed by atoms with Crippen molar-refractivity contribution in [2.75, 3.05) is 0 Å². The van der Waals surface area contributed by atoms with Gasteiger partial charge in [-0.05, 0) is 13.3 Å². The molecule has 0 heterocycles. The smallest absolute Gasteiger partial charge is 0.328 e. The highest BCUT2D eigenvalue weighted by Gasteiger charge is 2.40. The van der Waals surface area contributed by atoms with Crippen molar-refractivity contribution in [2.24, 2.45) is 11.5 Å². The number of nitrogens with zero attached hydrogens (tertiary/aromatic N) is 1. The van der Waals surface area contributed by atoms with Crippen LogP contribution in [0.5, 0.6) is 0 Å². The average molecular weight is 445 g/mol. The van der Waals surface area contributed by atoms with Crippen LogP contribution in [0.3, 0.4) is 0 Å². The number of primary amides is 2. The summed E-state index contributed by atoms with van der Waals surface area (Å²) in [5.74, 6) is -7.41. The van der Waals surface area contributed by atoms with Crippen LogP contribution < -0.4 is 22.1 Å². The highest BCUT2D eigenvalue weighted by molar-refractivity contribution is 5.92. The lowest BCUT2D eigenvalue weighted by atomic mass is 9.99. The molecule has 0 aliphatic rings. The first kappa shape index (κ1) is 27.3. The molecule has 0 radical (unpaired) electrons. The van der Waals surface area contributed by atoms with Gasteiger partial charge in [0.05, 0.1) is 6.04 Å². The van der Waals surface area contributed by atoms with Crippen molar-refractivity contribution in [3.8, 4) is 0 Å². The van der Waals surface area contributed by atoms with E-state index in [1.165, 1.54) is 6.92 Å². The second-order valence-electron chi connectivity index (χ2n) is 6.75. The van der Waals surface area contributed by atoms with Crippen molar-refractivity contribution in [1.29, 1.82) is 0 Å². The van der Waals surface area contributed by atoms with Crippen LogP contribution >= 0.6 is 0 Å². The van der Waals surface area contributed by atoms with Gasteiger partial charge in [-0.3, -0.25) is 28.8 Å². The Morgan fingerprint density at radius 2 is 1.52 bits per heavy atom. The lowest BCUT2D eigenvalue weighted by molar-refractivity contribution is -0.150. The molecule has 14 nitrogen and oxygen atoms in total. The maximum atomic E-state index is 12.6. The van der Waals surface area contributed by atoms with E-state index in [1.54, 1.807) is 0 Å². The molecule has 0 aliphatic carbocycles. The van der Waals surface area contributed by atoms with E-state index in [2.05, 4.69) is 10.6 Å². The molecule has 5 amide bonds. The Balaban J connectivity index is 5.95. The zero-order chi connectivity index (χ0) is 24.5. The summed E-state index contributed by atoms with van der Waals surface area (Å²) in [6.45, 7) is 3.21. The Morgan fingerprint density at radius 1 is 0.968 bits per heavy atom. The number of carbonyl (C=O) groups excluding carboxylic acids is 5. The number of nitrogens with one attached hydrogen (secondary N) is 2.